The van der Waals surface area contributed by atoms with Crippen LogP contribution in [0.15, 0.2) is 48.5 Å². The summed E-state index contributed by atoms with van der Waals surface area (Å²) < 4.78 is 50.7. The zero-order valence-corrected chi connectivity index (χ0v) is 20.7. The molecule has 0 radical (unpaired) electrons. The molecule has 2 fully saturated rings. The van der Waals surface area contributed by atoms with E-state index in [4.69, 9.17) is 15.2 Å². The minimum atomic E-state index is -4.44. The predicted molar refractivity (Wildman–Crippen MR) is 131 cm³/mol. The molecule has 0 saturated carbocycles. The van der Waals surface area contributed by atoms with Crippen molar-refractivity contribution >= 4 is 11.7 Å². The molecule has 4 rings (SSSR count). The summed E-state index contributed by atoms with van der Waals surface area (Å²) in [4.78, 5) is 27.0. The summed E-state index contributed by atoms with van der Waals surface area (Å²) in [5.41, 5.74) is 5.18. The largest absolute Gasteiger partial charge is 0.489 e. The second-order valence-corrected chi connectivity index (χ2v) is 9.66. The SMILES string of the molecule is CC(NCC(=O)C1(N2CC[C@@H](Oc3cccc(C(F)(F)F)c3)C2)CCOCC1)c1ccc(C(N)=O)cc1. The zero-order chi connectivity index (χ0) is 26.6. The van der Waals surface area contributed by atoms with Gasteiger partial charge < -0.3 is 20.5 Å². The lowest BCUT2D eigenvalue weighted by molar-refractivity contribution is -0.138. The molecule has 2 atom stereocenters. The van der Waals surface area contributed by atoms with Gasteiger partial charge in [-0.3, -0.25) is 14.5 Å². The molecule has 2 aliphatic heterocycles. The molecule has 7 nitrogen and oxygen atoms in total. The van der Waals surface area contributed by atoms with Gasteiger partial charge in [0.15, 0.2) is 5.78 Å². The van der Waals surface area contributed by atoms with Crippen molar-refractivity contribution in [3.63, 3.8) is 0 Å². The van der Waals surface area contributed by atoms with E-state index in [0.717, 1.165) is 17.7 Å². The van der Waals surface area contributed by atoms with Crippen LogP contribution in [0.3, 0.4) is 0 Å². The van der Waals surface area contributed by atoms with E-state index in [1.165, 1.54) is 12.1 Å². The van der Waals surface area contributed by atoms with E-state index in [0.29, 0.717) is 51.1 Å². The van der Waals surface area contributed by atoms with Gasteiger partial charge in [0.1, 0.15) is 11.9 Å². The molecule has 1 amide bonds. The Labute approximate surface area is 214 Å². The molecule has 0 aliphatic carbocycles. The van der Waals surface area contributed by atoms with E-state index in [-0.39, 0.29) is 30.2 Å². The van der Waals surface area contributed by atoms with E-state index in [9.17, 15) is 22.8 Å². The molecule has 200 valence electrons. The Morgan fingerprint density at radius 1 is 1.19 bits per heavy atom. The summed E-state index contributed by atoms with van der Waals surface area (Å²) in [5, 5.41) is 3.29. The number of ether oxygens (including phenoxy) is 2. The number of hydrogen-bond acceptors (Lipinski definition) is 6. The van der Waals surface area contributed by atoms with Crippen molar-refractivity contribution in [2.45, 2.75) is 50.0 Å². The van der Waals surface area contributed by atoms with Crippen molar-refractivity contribution < 1.29 is 32.2 Å². The lowest BCUT2D eigenvalue weighted by atomic mass is 9.83. The van der Waals surface area contributed by atoms with Crippen LogP contribution in [-0.2, 0) is 15.7 Å². The second kappa shape index (κ2) is 11.2. The average molecular weight is 520 g/mol. The Hall–Kier alpha value is -2.95. The molecule has 2 aromatic rings. The first-order valence-corrected chi connectivity index (χ1v) is 12.4. The van der Waals surface area contributed by atoms with Crippen LogP contribution in [0.1, 0.15) is 53.7 Å². The van der Waals surface area contributed by atoms with Crippen molar-refractivity contribution in [2.24, 2.45) is 5.73 Å². The normalized spacial score (nSPS) is 20.9. The quantitative estimate of drug-likeness (QED) is 0.525. The number of nitrogens with zero attached hydrogens (tertiary/aromatic N) is 1. The van der Waals surface area contributed by atoms with Crippen LogP contribution in [0.25, 0.3) is 0 Å². The number of nitrogens with two attached hydrogens (primary N) is 1. The van der Waals surface area contributed by atoms with Gasteiger partial charge in [-0.05, 0) is 62.1 Å². The maximum absolute atomic E-state index is 13.6. The molecule has 0 bridgehead atoms. The Kier molecular flexibility index (Phi) is 8.20. The van der Waals surface area contributed by atoms with Crippen LogP contribution < -0.4 is 15.8 Å². The molecule has 1 unspecified atom stereocenters. The Balaban J connectivity index is 1.40. The summed E-state index contributed by atoms with van der Waals surface area (Å²) in [6.45, 7) is 4.08. The van der Waals surface area contributed by atoms with Gasteiger partial charge in [-0.2, -0.15) is 13.2 Å². The number of hydrogen-bond donors (Lipinski definition) is 2. The molecule has 2 aromatic carbocycles. The lowest BCUT2D eigenvalue weighted by Gasteiger charge is -2.43. The Morgan fingerprint density at radius 2 is 1.89 bits per heavy atom. The highest BCUT2D eigenvalue weighted by Gasteiger charge is 2.47. The highest BCUT2D eigenvalue weighted by molar-refractivity contribution is 5.92. The number of primary amides is 1. The first-order chi connectivity index (χ1) is 17.6. The van der Waals surface area contributed by atoms with Crippen molar-refractivity contribution in [1.29, 1.82) is 0 Å². The van der Waals surface area contributed by atoms with Crippen LogP contribution >= 0.6 is 0 Å². The van der Waals surface area contributed by atoms with Crippen molar-refractivity contribution in [1.82, 2.24) is 10.2 Å². The predicted octanol–water partition coefficient (Wildman–Crippen LogP) is 3.73. The molecule has 0 aromatic heterocycles. The van der Waals surface area contributed by atoms with Crippen molar-refractivity contribution in [3.05, 3.63) is 65.2 Å². The number of nitrogens with one attached hydrogen (secondary N) is 1. The van der Waals surface area contributed by atoms with E-state index in [1.807, 2.05) is 19.1 Å². The van der Waals surface area contributed by atoms with E-state index >= 15 is 0 Å². The van der Waals surface area contributed by atoms with Gasteiger partial charge in [-0.1, -0.05) is 18.2 Å². The monoisotopic (exact) mass is 519 g/mol. The number of ketones is 1. The van der Waals surface area contributed by atoms with Crippen molar-refractivity contribution in [3.8, 4) is 5.75 Å². The number of alkyl halides is 3. The minimum Gasteiger partial charge on any atom is -0.489 e. The Morgan fingerprint density at radius 3 is 2.54 bits per heavy atom. The molecule has 2 saturated heterocycles. The summed E-state index contributed by atoms with van der Waals surface area (Å²) in [6.07, 6.45) is -3.04. The number of carbonyl (C=O) groups is 2. The number of benzene rings is 2. The number of Topliss-reactive ketones (excluding diaryl/α,β-unsaturated/α-hetero) is 1. The van der Waals surface area contributed by atoms with Crippen LogP contribution in [0.5, 0.6) is 5.75 Å². The summed E-state index contributed by atoms with van der Waals surface area (Å²) in [5.74, 6) is -0.271. The molecular formula is C27H32F3N3O4. The fourth-order valence-corrected chi connectivity index (χ4v) is 5.10. The lowest BCUT2D eigenvalue weighted by Crippen LogP contribution is -2.59. The number of halogens is 3. The Bertz CT molecular complexity index is 1100. The molecule has 37 heavy (non-hydrogen) atoms. The van der Waals surface area contributed by atoms with E-state index in [1.54, 1.807) is 12.1 Å². The number of carbonyl (C=O) groups excluding carboxylic acids is 2. The number of rotatable bonds is 9. The molecule has 2 heterocycles. The maximum atomic E-state index is 13.6. The zero-order valence-electron chi connectivity index (χ0n) is 20.7. The topological polar surface area (TPSA) is 93.9 Å². The van der Waals surface area contributed by atoms with Gasteiger partial charge >= 0.3 is 6.18 Å². The van der Waals surface area contributed by atoms with Crippen LogP contribution in [0.4, 0.5) is 13.2 Å². The van der Waals surface area contributed by atoms with Crippen molar-refractivity contribution in [2.75, 3.05) is 32.8 Å². The highest BCUT2D eigenvalue weighted by atomic mass is 19.4. The fourth-order valence-electron chi connectivity index (χ4n) is 5.10. The highest BCUT2D eigenvalue weighted by Crippen LogP contribution is 2.35. The van der Waals surface area contributed by atoms with Gasteiger partial charge in [0.25, 0.3) is 0 Å². The summed E-state index contributed by atoms with van der Waals surface area (Å²) in [7, 11) is 0. The fraction of sp³-hybridized carbons (Fsp3) is 0.481. The molecule has 3 N–H and O–H groups in total. The smallest absolute Gasteiger partial charge is 0.416 e. The van der Waals surface area contributed by atoms with E-state index < -0.39 is 23.2 Å². The van der Waals surface area contributed by atoms with Crippen LogP contribution in [-0.4, -0.2) is 61.1 Å². The van der Waals surface area contributed by atoms with Gasteiger partial charge in [0.05, 0.1) is 17.6 Å². The van der Waals surface area contributed by atoms with Gasteiger partial charge in [0.2, 0.25) is 5.91 Å². The molecule has 0 spiro atoms. The third-order valence-electron chi connectivity index (χ3n) is 7.32. The standard InChI is InChI=1S/C27H32F3N3O4/c1-18(19-5-7-20(8-6-19)25(31)35)32-16-24(34)26(10-13-36-14-11-26)33-12-9-23(17-33)37-22-4-2-3-21(15-22)27(28,29)30/h2-8,15,18,23,32H,9-14,16-17H2,1H3,(H2,31,35)/t18?,23-/m1/s1. The summed E-state index contributed by atoms with van der Waals surface area (Å²) >= 11 is 0. The second-order valence-electron chi connectivity index (χ2n) is 9.66. The molecule has 2 aliphatic rings. The number of likely N-dealkylation sites (tertiary alicyclic amines) is 1. The molecular weight excluding hydrogens is 487 g/mol. The van der Waals surface area contributed by atoms with Gasteiger partial charge in [0, 0.05) is 37.9 Å². The first kappa shape index (κ1) is 27.1. The maximum Gasteiger partial charge on any atom is 0.416 e. The third-order valence-corrected chi connectivity index (χ3v) is 7.32. The summed E-state index contributed by atoms with van der Waals surface area (Å²) in [6, 6.07) is 11.7. The first-order valence-electron chi connectivity index (χ1n) is 12.4. The molecule has 10 heteroatoms. The van der Waals surface area contributed by atoms with Gasteiger partial charge in [-0.25, -0.2) is 0 Å². The number of amides is 1. The minimum absolute atomic E-state index is 0.0520. The van der Waals surface area contributed by atoms with E-state index in [2.05, 4.69) is 10.2 Å². The van der Waals surface area contributed by atoms with Crippen LogP contribution in [0.2, 0.25) is 0 Å². The van der Waals surface area contributed by atoms with Gasteiger partial charge in [-0.15, -0.1) is 0 Å². The van der Waals surface area contributed by atoms with Crippen LogP contribution in [0, 0.1) is 0 Å². The third kappa shape index (κ3) is 6.31. The average Bonchev–Trinajstić information content (AvgIpc) is 3.36.